The van der Waals surface area contributed by atoms with Crippen LogP contribution in [-0.2, 0) is 14.3 Å². The minimum absolute atomic E-state index is 0.324. The molecular weight excluding hydrogens is 482 g/mol. The number of terminal acetylenes is 1. The van der Waals surface area contributed by atoms with Crippen LogP contribution in [0.25, 0.3) is 0 Å². The number of benzene rings is 2. The van der Waals surface area contributed by atoms with E-state index in [4.69, 9.17) is 15.9 Å². The molecule has 2 aromatic carbocycles. The second-order valence-electron chi connectivity index (χ2n) is 9.99. The van der Waals surface area contributed by atoms with Gasteiger partial charge < -0.3 is 25.0 Å². The lowest BCUT2D eigenvalue weighted by atomic mass is 10.0. The summed E-state index contributed by atoms with van der Waals surface area (Å²) in [5, 5.41) is 5.52. The molecule has 0 fully saturated rings. The van der Waals surface area contributed by atoms with Crippen LogP contribution in [0.1, 0.15) is 71.0 Å². The minimum Gasteiger partial charge on any atom is -0.497 e. The van der Waals surface area contributed by atoms with Crippen LogP contribution in [0.15, 0.2) is 48.5 Å². The zero-order chi connectivity index (χ0) is 28.3. The smallest absolute Gasteiger partial charge is 0.408 e. The lowest BCUT2D eigenvalue weighted by molar-refractivity contribution is -0.140. The largest absolute Gasteiger partial charge is 0.497 e. The Balaban J connectivity index is 2.43. The van der Waals surface area contributed by atoms with Crippen molar-refractivity contribution in [1.82, 2.24) is 10.2 Å². The quantitative estimate of drug-likeness (QED) is 0.309. The maximum absolute atomic E-state index is 13.7. The van der Waals surface area contributed by atoms with Gasteiger partial charge in [-0.1, -0.05) is 37.8 Å². The molecule has 8 heteroatoms. The molecule has 0 aromatic heterocycles. The highest BCUT2D eigenvalue weighted by Crippen LogP contribution is 2.26. The first kappa shape index (κ1) is 30.2. The van der Waals surface area contributed by atoms with Gasteiger partial charge in [0.1, 0.15) is 23.4 Å². The summed E-state index contributed by atoms with van der Waals surface area (Å²) in [4.78, 5) is 41.4. The van der Waals surface area contributed by atoms with E-state index in [1.54, 1.807) is 83.3 Å². The molecule has 2 aromatic rings. The lowest BCUT2D eigenvalue weighted by Crippen LogP contribution is -2.51. The van der Waals surface area contributed by atoms with E-state index in [2.05, 4.69) is 23.5 Å². The molecule has 3 amide bonds. The van der Waals surface area contributed by atoms with Crippen molar-refractivity contribution in [2.24, 2.45) is 0 Å². The van der Waals surface area contributed by atoms with Gasteiger partial charge in [0.2, 0.25) is 5.91 Å². The van der Waals surface area contributed by atoms with E-state index >= 15 is 0 Å². The fourth-order valence-electron chi connectivity index (χ4n) is 3.81. The third-order valence-electron chi connectivity index (χ3n) is 5.70. The summed E-state index contributed by atoms with van der Waals surface area (Å²) in [6, 6.07) is 12.0. The summed E-state index contributed by atoms with van der Waals surface area (Å²) < 4.78 is 10.5. The highest BCUT2D eigenvalue weighted by atomic mass is 16.6. The van der Waals surface area contributed by atoms with Gasteiger partial charge in [-0.05, 0) is 76.1 Å². The number of ether oxygens (including phenoxy) is 2. The molecule has 0 spiro atoms. The molecule has 2 N–H and O–H groups in total. The normalized spacial score (nSPS) is 12.4. The number of rotatable bonds is 11. The Labute approximate surface area is 226 Å². The van der Waals surface area contributed by atoms with Gasteiger partial charge in [0.15, 0.2) is 0 Å². The first-order chi connectivity index (χ1) is 18.0. The number of amides is 3. The van der Waals surface area contributed by atoms with Gasteiger partial charge in [-0.2, -0.15) is 0 Å². The van der Waals surface area contributed by atoms with Crippen LogP contribution in [0.5, 0.6) is 5.75 Å². The summed E-state index contributed by atoms with van der Waals surface area (Å²) in [5.74, 6) is 2.44. The number of carbonyl (C=O) groups excluding carboxylic acids is 3. The fraction of sp³-hybridized carbons (Fsp3) is 0.433. The molecule has 38 heavy (non-hydrogen) atoms. The summed E-state index contributed by atoms with van der Waals surface area (Å²) in [6.45, 7) is 9.20. The summed E-state index contributed by atoms with van der Waals surface area (Å²) >= 11 is 0. The fourth-order valence-corrected chi connectivity index (χ4v) is 3.81. The average molecular weight is 522 g/mol. The first-order valence-corrected chi connectivity index (χ1v) is 12.8. The van der Waals surface area contributed by atoms with Crippen molar-refractivity contribution >= 4 is 23.6 Å². The predicted molar refractivity (Wildman–Crippen MR) is 149 cm³/mol. The second kappa shape index (κ2) is 14.1. The lowest BCUT2D eigenvalue weighted by Gasteiger charge is -2.33. The Morgan fingerprint density at radius 3 is 2.18 bits per heavy atom. The van der Waals surface area contributed by atoms with Crippen LogP contribution in [0.4, 0.5) is 10.5 Å². The third kappa shape index (κ3) is 9.15. The van der Waals surface area contributed by atoms with Crippen molar-refractivity contribution in [1.29, 1.82) is 0 Å². The van der Waals surface area contributed by atoms with Crippen LogP contribution < -0.4 is 15.4 Å². The van der Waals surface area contributed by atoms with E-state index in [0.29, 0.717) is 35.5 Å². The predicted octanol–water partition coefficient (Wildman–Crippen LogP) is 5.29. The highest BCUT2D eigenvalue weighted by molar-refractivity contribution is 5.99. The summed E-state index contributed by atoms with van der Waals surface area (Å²) in [6.07, 6.45) is 7.32. The molecule has 8 nitrogen and oxygen atoms in total. The van der Waals surface area contributed by atoms with Crippen molar-refractivity contribution in [2.75, 3.05) is 19.0 Å². The second-order valence-corrected chi connectivity index (χ2v) is 9.99. The Hall–Kier alpha value is -3.99. The van der Waals surface area contributed by atoms with E-state index in [1.165, 1.54) is 4.90 Å². The highest BCUT2D eigenvalue weighted by Gasteiger charge is 2.34. The molecule has 2 unspecified atom stereocenters. The molecule has 0 radical (unpaired) electrons. The van der Waals surface area contributed by atoms with Gasteiger partial charge in [0.25, 0.3) is 5.91 Å². The molecule has 0 saturated carbocycles. The molecule has 2 rings (SSSR count). The number of nitrogens with one attached hydrogen (secondary N) is 2. The molecule has 2 atom stereocenters. The average Bonchev–Trinajstić information content (AvgIpc) is 2.87. The topological polar surface area (TPSA) is 97.0 Å². The van der Waals surface area contributed by atoms with Gasteiger partial charge in [-0.3, -0.25) is 9.59 Å². The number of carbonyl (C=O) groups is 3. The third-order valence-corrected chi connectivity index (χ3v) is 5.70. The van der Waals surface area contributed by atoms with E-state index in [-0.39, 0.29) is 0 Å². The van der Waals surface area contributed by atoms with Gasteiger partial charge in [-0.25, -0.2) is 4.79 Å². The Bertz CT molecular complexity index is 1110. The maximum atomic E-state index is 13.7. The Kier molecular flexibility index (Phi) is 11.2. The number of unbranched alkanes of at least 4 members (excludes halogenated alkanes) is 2. The summed E-state index contributed by atoms with van der Waals surface area (Å²) in [5.41, 5.74) is 1.10. The first-order valence-electron chi connectivity index (χ1n) is 12.8. The van der Waals surface area contributed by atoms with Crippen molar-refractivity contribution in [3.05, 3.63) is 59.7 Å². The number of hydrogen-bond acceptors (Lipinski definition) is 5. The van der Waals surface area contributed by atoms with Crippen molar-refractivity contribution in [2.45, 2.75) is 71.6 Å². The maximum Gasteiger partial charge on any atom is 0.408 e. The number of hydrogen-bond donors (Lipinski definition) is 2. The van der Waals surface area contributed by atoms with Crippen LogP contribution in [0, 0.1) is 12.3 Å². The van der Waals surface area contributed by atoms with E-state index in [9.17, 15) is 14.4 Å². The molecule has 0 saturated heterocycles. The minimum atomic E-state index is -0.962. The van der Waals surface area contributed by atoms with Gasteiger partial charge >= 0.3 is 6.09 Å². The SMILES string of the molecule is C#Cc1ccc(C(C(=O)Nc2ccc(OC)cc2)N(CCCCC)C(=O)C(C)NC(=O)OC(C)(C)C)cc1. The van der Waals surface area contributed by atoms with Gasteiger partial charge in [-0.15, -0.1) is 6.42 Å². The van der Waals surface area contributed by atoms with E-state index < -0.39 is 35.6 Å². The van der Waals surface area contributed by atoms with Crippen molar-refractivity contribution in [3.63, 3.8) is 0 Å². The standard InChI is InChI=1S/C30H39N3O5/c1-8-10-11-20-33(28(35)21(3)31-29(36)38-30(4,5)6)26(23-14-12-22(9-2)13-15-23)27(34)32-24-16-18-25(37-7)19-17-24/h2,12-19,21,26H,8,10-11,20H2,1,3-7H3,(H,31,36)(H,32,34). The van der Waals surface area contributed by atoms with Gasteiger partial charge in [0, 0.05) is 17.8 Å². The molecule has 0 bridgehead atoms. The summed E-state index contributed by atoms with van der Waals surface area (Å²) in [7, 11) is 1.57. The molecule has 0 aliphatic rings. The van der Waals surface area contributed by atoms with E-state index in [1.807, 2.05) is 0 Å². The van der Waals surface area contributed by atoms with Crippen LogP contribution in [0.3, 0.4) is 0 Å². The van der Waals surface area contributed by atoms with Crippen molar-refractivity contribution < 1.29 is 23.9 Å². The zero-order valence-corrected chi connectivity index (χ0v) is 23.2. The number of methoxy groups -OCH3 is 1. The number of nitrogens with zero attached hydrogens (tertiary/aromatic N) is 1. The van der Waals surface area contributed by atoms with Gasteiger partial charge in [0.05, 0.1) is 7.11 Å². The molecular formula is C30H39N3O5. The molecule has 0 aliphatic carbocycles. The zero-order valence-electron chi connectivity index (χ0n) is 23.2. The Morgan fingerprint density at radius 1 is 1.03 bits per heavy atom. The van der Waals surface area contributed by atoms with E-state index in [0.717, 1.165) is 12.8 Å². The number of anilines is 1. The monoisotopic (exact) mass is 521 g/mol. The van der Waals surface area contributed by atoms with Crippen LogP contribution in [-0.4, -0.2) is 48.1 Å². The molecule has 0 heterocycles. The molecule has 0 aliphatic heterocycles. The molecule has 204 valence electrons. The van der Waals surface area contributed by atoms with Crippen LogP contribution in [0.2, 0.25) is 0 Å². The van der Waals surface area contributed by atoms with Crippen LogP contribution >= 0.6 is 0 Å². The number of alkyl carbamates (subject to hydrolysis) is 1. The van der Waals surface area contributed by atoms with Crippen molar-refractivity contribution in [3.8, 4) is 18.1 Å². The Morgan fingerprint density at radius 2 is 1.66 bits per heavy atom.